The summed E-state index contributed by atoms with van der Waals surface area (Å²) in [5, 5.41) is 0.570. The Bertz CT molecular complexity index is 499. The molecule has 2 N–H and O–H groups in total. The van der Waals surface area contributed by atoms with Crippen LogP contribution in [0.2, 0.25) is 0 Å². The molecule has 2 nitrogen and oxygen atoms in total. The number of anilines is 1. The predicted octanol–water partition coefficient (Wildman–Crippen LogP) is 3.07. The van der Waals surface area contributed by atoms with E-state index < -0.39 is 0 Å². The van der Waals surface area contributed by atoms with E-state index in [1.165, 1.54) is 17.4 Å². The van der Waals surface area contributed by atoms with Crippen LogP contribution in [0.1, 0.15) is 21.7 Å². The highest BCUT2D eigenvalue weighted by molar-refractivity contribution is 7.15. The summed E-state index contributed by atoms with van der Waals surface area (Å²) in [6, 6.07) is 5.07. The lowest BCUT2D eigenvalue weighted by Crippen LogP contribution is -1.90. The van der Waals surface area contributed by atoms with Crippen molar-refractivity contribution in [1.82, 2.24) is 4.98 Å². The van der Waals surface area contributed by atoms with Gasteiger partial charge in [0.05, 0.1) is 5.69 Å². The fraction of sp³-hybridized carbons (Fsp3) is 0.250. The van der Waals surface area contributed by atoms with Crippen molar-refractivity contribution in [2.75, 3.05) is 5.73 Å². The van der Waals surface area contributed by atoms with Gasteiger partial charge in [0.25, 0.3) is 0 Å². The highest BCUT2D eigenvalue weighted by Crippen LogP contribution is 2.23. The average Bonchev–Trinajstić information content (AvgIpc) is 2.43. The molecule has 0 radical (unpaired) electrons. The fourth-order valence-electron chi connectivity index (χ4n) is 1.71. The molecule has 1 heterocycles. The van der Waals surface area contributed by atoms with Gasteiger partial charge < -0.3 is 5.73 Å². The Morgan fingerprint density at radius 2 is 2.06 bits per heavy atom. The van der Waals surface area contributed by atoms with Crippen molar-refractivity contribution in [2.24, 2.45) is 0 Å². The summed E-state index contributed by atoms with van der Waals surface area (Å²) in [4.78, 5) is 5.25. The van der Waals surface area contributed by atoms with Crippen molar-refractivity contribution >= 4 is 16.5 Å². The molecule has 0 aliphatic carbocycles. The second-order valence-electron chi connectivity index (χ2n) is 3.87. The van der Waals surface area contributed by atoms with E-state index in [2.05, 4.69) is 4.98 Å². The van der Waals surface area contributed by atoms with Gasteiger partial charge in [-0.05, 0) is 37.1 Å². The zero-order valence-electron chi connectivity index (χ0n) is 9.25. The number of aromatic nitrogens is 1. The number of halogens is 1. The number of nitrogens with two attached hydrogens (primary N) is 1. The van der Waals surface area contributed by atoms with Gasteiger partial charge in [-0.2, -0.15) is 0 Å². The maximum atomic E-state index is 13.2. The number of benzene rings is 1. The van der Waals surface area contributed by atoms with Crippen molar-refractivity contribution in [3.63, 3.8) is 0 Å². The zero-order valence-corrected chi connectivity index (χ0v) is 10.1. The van der Waals surface area contributed by atoms with Crippen LogP contribution in [0.5, 0.6) is 0 Å². The van der Waals surface area contributed by atoms with Crippen molar-refractivity contribution < 1.29 is 4.39 Å². The molecular formula is C12H13FN2S. The summed E-state index contributed by atoms with van der Waals surface area (Å²) < 4.78 is 13.2. The Balaban J connectivity index is 2.30. The van der Waals surface area contributed by atoms with Crippen molar-refractivity contribution in [1.29, 1.82) is 0 Å². The van der Waals surface area contributed by atoms with Crippen molar-refractivity contribution in [3.8, 4) is 0 Å². The van der Waals surface area contributed by atoms with Crippen LogP contribution in [0.25, 0.3) is 0 Å². The molecule has 84 valence electrons. The fourth-order valence-corrected chi connectivity index (χ4v) is 2.58. The first kappa shape index (κ1) is 11.1. The Labute approximate surface area is 97.9 Å². The monoisotopic (exact) mass is 236 g/mol. The van der Waals surface area contributed by atoms with Crippen LogP contribution < -0.4 is 5.73 Å². The molecule has 0 saturated carbocycles. The highest BCUT2D eigenvalue weighted by atomic mass is 32.1. The maximum absolute atomic E-state index is 13.2. The van der Waals surface area contributed by atoms with Crippen molar-refractivity contribution in [3.05, 3.63) is 45.7 Å². The summed E-state index contributed by atoms with van der Waals surface area (Å²) in [6.45, 7) is 3.81. The highest BCUT2D eigenvalue weighted by Gasteiger charge is 2.07. The summed E-state index contributed by atoms with van der Waals surface area (Å²) in [7, 11) is 0. The largest absolute Gasteiger partial charge is 0.375 e. The number of nitrogens with zero attached hydrogens (tertiary/aromatic N) is 1. The summed E-state index contributed by atoms with van der Waals surface area (Å²) in [5.41, 5.74) is 8.46. The quantitative estimate of drug-likeness (QED) is 0.870. The van der Waals surface area contributed by atoms with Gasteiger partial charge >= 0.3 is 0 Å². The smallest absolute Gasteiger partial charge is 0.180 e. The number of aryl methyl sites for hydroxylation is 2. The number of rotatable bonds is 2. The molecular weight excluding hydrogens is 223 g/mol. The molecule has 4 heteroatoms. The first-order valence-corrected chi connectivity index (χ1v) is 5.84. The lowest BCUT2D eigenvalue weighted by Gasteiger charge is -2.02. The lowest BCUT2D eigenvalue weighted by atomic mass is 10.1. The number of hydrogen-bond acceptors (Lipinski definition) is 3. The minimum Gasteiger partial charge on any atom is -0.375 e. The summed E-state index contributed by atoms with van der Waals surface area (Å²) in [5.74, 6) is -0.190. The molecule has 0 bridgehead atoms. The molecule has 0 unspecified atom stereocenters. The van der Waals surface area contributed by atoms with E-state index in [4.69, 9.17) is 5.73 Å². The molecule has 0 spiro atoms. The van der Waals surface area contributed by atoms with E-state index in [9.17, 15) is 4.39 Å². The number of nitrogen functional groups attached to an aromatic ring is 1. The summed E-state index contributed by atoms with van der Waals surface area (Å²) >= 11 is 1.47. The van der Waals surface area contributed by atoms with Gasteiger partial charge in [0.15, 0.2) is 5.13 Å². The first-order chi connectivity index (χ1) is 7.54. The van der Waals surface area contributed by atoms with E-state index in [1.807, 2.05) is 19.9 Å². The summed E-state index contributed by atoms with van der Waals surface area (Å²) in [6.07, 6.45) is 0.694. The van der Waals surface area contributed by atoms with Crippen LogP contribution in [-0.4, -0.2) is 4.98 Å². The Morgan fingerprint density at radius 1 is 1.31 bits per heavy atom. The van der Waals surface area contributed by atoms with Gasteiger partial charge in [-0.3, -0.25) is 0 Å². The zero-order chi connectivity index (χ0) is 11.7. The van der Waals surface area contributed by atoms with Crippen LogP contribution in [0.3, 0.4) is 0 Å². The molecule has 2 aromatic rings. The predicted molar refractivity (Wildman–Crippen MR) is 65.2 cm³/mol. The molecule has 1 aromatic carbocycles. The van der Waals surface area contributed by atoms with Gasteiger partial charge in [-0.1, -0.05) is 6.07 Å². The van der Waals surface area contributed by atoms with Crippen LogP contribution in [-0.2, 0) is 6.42 Å². The van der Waals surface area contributed by atoms with Gasteiger partial charge in [-0.25, -0.2) is 9.37 Å². The molecule has 0 fully saturated rings. The molecule has 0 saturated heterocycles. The molecule has 0 atom stereocenters. The molecule has 0 aliphatic rings. The van der Waals surface area contributed by atoms with E-state index in [0.717, 1.165) is 21.7 Å². The van der Waals surface area contributed by atoms with Crippen LogP contribution in [0.4, 0.5) is 9.52 Å². The molecule has 0 amide bonds. The topological polar surface area (TPSA) is 38.9 Å². The second-order valence-corrected chi connectivity index (χ2v) is 4.99. The molecule has 16 heavy (non-hydrogen) atoms. The second kappa shape index (κ2) is 4.22. The maximum Gasteiger partial charge on any atom is 0.180 e. The molecule has 0 aliphatic heterocycles. The molecule has 1 aromatic heterocycles. The minimum absolute atomic E-state index is 0.190. The van der Waals surface area contributed by atoms with Gasteiger partial charge in [0, 0.05) is 11.3 Å². The SMILES string of the molecule is Cc1cc(F)cc(Cc2sc(N)nc2C)c1. The minimum atomic E-state index is -0.190. The standard InChI is InChI=1S/C12H13FN2S/c1-7-3-9(5-10(13)4-7)6-11-8(2)15-12(14)16-11/h3-5H,6H2,1-2H3,(H2,14,15). The van der Waals surface area contributed by atoms with E-state index >= 15 is 0 Å². The third kappa shape index (κ3) is 2.39. The van der Waals surface area contributed by atoms with Gasteiger partial charge in [0.2, 0.25) is 0 Å². The van der Waals surface area contributed by atoms with Crippen LogP contribution in [0.15, 0.2) is 18.2 Å². The first-order valence-electron chi connectivity index (χ1n) is 5.02. The van der Waals surface area contributed by atoms with Crippen LogP contribution >= 0.6 is 11.3 Å². The number of thiazole rings is 1. The average molecular weight is 236 g/mol. The number of hydrogen-bond donors (Lipinski definition) is 1. The molecule has 2 rings (SSSR count). The van der Waals surface area contributed by atoms with E-state index in [0.29, 0.717) is 11.6 Å². The Hall–Kier alpha value is -1.42. The third-order valence-electron chi connectivity index (χ3n) is 2.38. The van der Waals surface area contributed by atoms with Crippen LogP contribution in [0, 0.1) is 19.7 Å². The lowest BCUT2D eigenvalue weighted by molar-refractivity contribution is 0.625. The van der Waals surface area contributed by atoms with E-state index in [1.54, 1.807) is 6.07 Å². The Morgan fingerprint density at radius 3 is 2.62 bits per heavy atom. The van der Waals surface area contributed by atoms with Gasteiger partial charge in [0.1, 0.15) is 5.82 Å². The third-order valence-corrected chi connectivity index (χ3v) is 3.36. The Kier molecular flexibility index (Phi) is 2.92. The van der Waals surface area contributed by atoms with Crippen molar-refractivity contribution in [2.45, 2.75) is 20.3 Å². The van der Waals surface area contributed by atoms with Gasteiger partial charge in [-0.15, -0.1) is 11.3 Å². The normalized spacial score (nSPS) is 10.7. The van der Waals surface area contributed by atoms with E-state index in [-0.39, 0.29) is 5.82 Å².